The van der Waals surface area contributed by atoms with E-state index in [1.165, 1.54) is 4.90 Å². The quantitative estimate of drug-likeness (QED) is 0.507. The smallest absolute Gasteiger partial charge is 0.411 e. The van der Waals surface area contributed by atoms with Crippen LogP contribution in [-0.4, -0.2) is 44.7 Å². The van der Waals surface area contributed by atoms with Gasteiger partial charge in [-0.05, 0) is 36.2 Å². The van der Waals surface area contributed by atoms with Gasteiger partial charge in [0.05, 0.1) is 22.5 Å². The molecule has 9 nitrogen and oxygen atoms in total. The third-order valence-electron chi connectivity index (χ3n) is 5.85. The number of carbonyl (C=O) groups excluding carboxylic acids is 1. The van der Waals surface area contributed by atoms with E-state index < -0.39 is 6.09 Å². The molecule has 2 aromatic heterocycles. The summed E-state index contributed by atoms with van der Waals surface area (Å²) in [6.07, 6.45) is 2.02. The second-order valence-electron chi connectivity index (χ2n) is 7.72. The summed E-state index contributed by atoms with van der Waals surface area (Å²) in [6.45, 7) is 1.04. The molecular weight excluding hydrogens is 408 g/mol. The fraction of sp³-hybridized carbons (Fsp3) is 0.217. The average molecular weight is 428 g/mol. The van der Waals surface area contributed by atoms with Gasteiger partial charge in [0.1, 0.15) is 5.69 Å². The van der Waals surface area contributed by atoms with Gasteiger partial charge in [-0.3, -0.25) is 9.69 Å². The summed E-state index contributed by atoms with van der Waals surface area (Å²) in [5.41, 5.74) is 11.8. The zero-order valence-electron chi connectivity index (χ0n) is 17.3. The molecule has 0 fully saturated rings. The molecule has 0 saturated carbocycles. The van der Waals surface area contributed by atoms with Gasteiger partial charge in [0.15, 0.2) is 0 Å². The van der Waals surface area contributed by atoms with Crippen molar-refractivity contribution in [1.82, 2.24) is 19.9 Å². The normalized spacial score (nSPS) is 14.3. The Labute approximate surface area is 183 Å². The lowest BCUT2D eigenvalue weighted by molar-refractivity contribution is 0.0945. The highest BCUT2D eigenvalue weighted by atomic mass is 16.4. The zero-order valence-corrected chi connectivity index (χ0v) is 17.3. The van der Waals surface area contributed by atoms with E-state index in [0.29, 0.717) is 42.0 Å². The summed E-state index contributed by atoms with van der Waals surface area (Å²) in [5.74, 6) is 6.28. The molecule has 0 atom stereocenters. The van der Waals surface area contributed by atoms with Crippen LogP contribution in [0.2, 0.25) is 0 Å². The van der Waals surface area contributed by atoms with Crippen molar-refractivity contribution in [2.75, 3.05) is 23.7 Å². The molecule has 9 heteroatoms. The molecule has 0 spiro atoms. The molecule has 0 saturated heterocycles. The Bertz CT molecular complexity index is 1350. The highest BCUT2D eigenvalue weighted by molar-refractivity contribution is 5.98. The molecule has 0 unspecified atom stereocenters. The Morgan fingerprint density at radius 2 is 2.09 bits per heavy atom. The molecule has 0 aliphatic carbocycles. The maximum absolute atomic E-state index is 12.3. The largest absolute Gasteiger partial charge is 0.465 e. The minimum atomic E-state index is -0.954. The first-order chi connectivity index (χ1) is 15.4. The van der Waals surface area contributed by atoms with Gasteiger partial charge in [0.25, 0.3) is 5.91 Å². The van der Waals surface area contributed by atoms with E-state index in [0.717, 1.165) is 28.9 Å². The van der Waals surface area contributed by atoms with Crippen LogP contribution in [0, 0.1) is 11.8 Å². The van der Waals surface area contributed by atoms with Gasteiger partial charge in [0.2, 0.25) is 5.95 Å². The van der Waals surface area contributed by atoms with Crippen LogP contribution >= 0.6 is 0 Å². The Balaban J connectivity index is 1.54. The molecule has 5 rings (SSSR count). The molecule has 2 aliphatic rings. The van der Waals surface area contributed by atoms with Crippen LogP contribution in [0.3, 0.4) is 0 Å². The predicted molar refractivity (Wildman–Crippen MR) is 118 cm³/mol. The van der Waals surface area contributed by atoms with Gasteiger partial charge in [-0.15, -0.1) is 0 Å². The second kappa shape index (κ2) is 7.42. The maximum atomic E-state index is 12.3. The monoisotopic (exact) mass is 428 g/mol. The van der Waals surface area contributed by atoms with Crippen LogP contribution in [0.25, 0.3) is 11.4 Å². The summed E-state index contributed by atoms with van der Waals surface area (Å²) in [4.78, 5) is 33.4. The number of nitrogens with one attached hydrogen (secondary N) is 1. The van der Waals surface area contributed by atoms with Crippen LogP contribution in [-0.2, 0) is 19.9 Å². The number of rotatable bonds is 1. The van der Waals surface area contributed by atoms with Crippen LogP contribution in [0.4, 0.5) is 16.4 Å². The van der Waals surface area contributed by atoms with Crippen molar-refractivity contribution in [3.05, 3.63) is 58.4 Å². The number of nitrogen functional groups attached to an aromatic ring is 1. The summed E-state index contributed by atoms with van der Waals surface area (Å²) in [6, 6.07) is 7.31. The van der Waals surface area contributed by atoms with E-state index in [9.17, 15) is 14.7 Å². The van der Waals surface area contributed by atoms with Crippen molar-refractivity contribution < 1.29 is 14.7 Å². The molecule has 0 radical (unpaired) electrons. The van der Waals surface area contributed by atoms with Crippen LogP contribution in [0.15, 0.2) is 30.5 Å². The average Bonchev–Trinajstić information content (AvgIpc) is 3.35. The molecule has 2 amide bonds. The molecule has 160 valence electrons. The number of aromatic nitrogens is 3. The SMILES string of the molecule is Cn1c(-c2nc(N)ncc2C#Cc2ccc3c(c2)CCN3C(=O)O)cc2c1CCNC2=O. The minimum absolute atomic E-state index is 0.101. The highest BCUT2D eigenvalue weighted by Crippen LogP contribution is 2.30. The van der Waals surface area contributed by atoms with Crippen molar-refractivity contribution >= 4 is 23.6 Å². The molecule has 2 aliphatic heterocycles. The minimum Gasteiger partial charge on any atom is -0.465 e. The number of fused-ring (bicyclic) bond motifs is 2. The lowest BCUT2D eigenvalue weighted by Gasteiger charge is -2.14. The fourth-order valence-corrected chi connectivity index (χ4v) is 4.26. The van der Waals surface area contributed by atoms with Gasteiger partial charge in [-0.2, -0.15) is 0 Å². The van der Waals surface area contributed by atoms with Gasteiger partial charge in [-0.25, -0.2) is 14.8 Å². The lowest BCUT2D eigenvalue weighted by Crippen LogP contribution is -2.31. The van der Waals surface area contributed by atoms with Crippen molar-refractivity contribution in [1.29, 1.82) is 0 Å². The van der Waals surface area contributed by atoms with E-state index in [2.05, 4.69) is 27.1 Å². The third-order valence-corrected chi connectivity index (χ3v) is 5.85. The number of carbonyl (C=O) groups is 2. The molecule has 32 heavy (non-hydrogen) atoms. The van der Waals surface area contributed by atoms with Gasteiger partial charge in [0, 0.05) is 44.0 Å². The van der Waals surface area contributed by atoms with Gasteiger partial charge < -0.3 is 20.7 Å². The molecule has 1 aromatic carbocycles. The Hall–Kier alpha value is -4.32. The summed E-state index contributed by atoms with van der Waals surface area (Å²) in [7, 11) is 1.90. The van der Waals surface area contributed by atoms with Crippen LogP contribution < -0.4 is 16.0 Å². The summed E-state index contributed by atoms with van der Waals surface area (Å²) < 4.78 is 1.96. The third kappa shape index (κ3) is 3.22. The molecule has 4 heterocycles. The predicted octanol–water partition coefficient (Wildman–Crippen LogP) is 1.79. The van der Waals surface area contributed by atoms with Crippen molar-refractivity contribution in [2.45, 2.75) is 12.8 Å². The van der Waals surface area contributed by atoms with E-state index >= 15 is 0 Å². The van der Waals surface area contributed by atoms with E-state index in [-0.39, 0.29) is 11.9 Å². The van der Waals surface area contributed by atoms with E-state index in [1.807, 2.05) is 23.7 Å². The standard InChI is InChI=1S/C23H20N6O3/c1-28-18-6-8-25-21(30)16(18)11-19(28)20-15(12-26-22(24)27-20)4-2-13-3-5-17-14(10-13)7-9-29(17)23(31)32/h3,5,10-12H,6-9H2,1H3,(H,25,30)(H,31,32)(H2,24,26,27). The fourth-order valence-electron chi connectivity index (χ4n) is 4.26. The van der Waals surface area contributed by atoms with Crippen molar-refractivity contribution in [2.24, 2.45) is 7.05 Å². The first-order valence-electron chi connectivity index (χ1n) is 10.2. The zero-order chi connectivity index (χ0) is 22.4. The first-order valence-corrected chi connectivity index (χ1v) is 10.2. The maximum Gasteiger partial charge on any atom is 0.411 e. The number of benzene rings is 1. The molecular formula is C23H20N6O3. The lowest BCUT2D eigenvalue weighted by atomic mass is 10.1. The van der Waals surface area contributed by atoms with Crippen molar-refractivity contribution in [3.63, 3.8) is 0 Å². The summed E-state index contributed by atoms with van der Waals surface area (Å²) in [5, 5.41) is 12.1. The highest BCUT2D eigenvalue weighted by Gasteiger charge is 2.25. The number of amides is 2. The molecule has 3 aromatic rings. The number of anilines is 2. The van der Waals surface area contributed by atoms with Crippen LogP contribution in [0.1, 0.15) is 32.7 Å². The number of nitrogens with zero attached hydrogens (tertiary/aromatic N) is 4. The van der Waals surface area contributed by atoms with Gasteiger partial charge >= 0.3 is 6.09 Å². The molecule has 4 N–H and O–H groups in total. The number of nitrogens with two attached hydrogens (primary N) is 1. The first kappa shape index (κ1) is 19.6. The number of hydrogen-bond acceptors (Lipinski definition) is 5. The molecule has 0 bridgehead atoms. The second-order valence-corrected chi connectivity index (χ2v) is 7.72. The summed E-state index contributed by atoms with van der Waals surface area (Å²) >= 11 is 0. The van der Waals surface area contributed by atoms with Crippen LogP contribution in [0.5, 0.6) is 0 Å². The number of hydrogen-bond donors (Lipinski definition) is 3. The number of carboxylic acid groups (broad SMARTS) is 1. The van der Waals surface area contributed by atoms with E-state index in [1.54, 1.807) is 18.3 Å². The topological polar surface area (TPSA) is 126 Å². The van der Waals surface area contributed by atoms with Gasteiger partial charge in [-0.1, -0.05) is 11.8 Å². The Morgan fingerprint density at radius 1 is 1.25 bits per heavy atom. The Morgan fingerprint density at radius 3 is 2.88 bits per heavy atom. The Kier molecular flexibility index (Phi) is 4.56. The van der Waals surface area contributed by atoms with E-state index in [4.69, 9.17) is 5.73 Å². The van der Waals surface area contributed by atoms with Crippen molar-refractivity contribution in [3.8, 4) is 23.2 Å².